The zero-order valence-corrected chi connectivity index (χ0v) is 12.6. The molecule has 0 N–H and O–H groups in total. The number of hydrogen-bond acceptors (Lipinski definition) is 1. The number of Topliss-reactive ketones (excluding diaryl/α,β-unsaturated/α-hetero) is 1. The second kappa shape index (κ2) is 6.67. The summed E-state index contributed by atoms with van der Waals surface area (Å²) < 4.78 is 1.01. The summed E-state index contributed by atoms with van der Waals surface area (Å²) in [6, 6.07) is 15.9. The molecular formula is C17H17BrO. The topological polar surface area (TPSA) is 17.1 Å². The van der Waals surface area contributed by atoms with Crippen molar-refractivity contribution in [2.24, 2.45) is 0 Å². The Bertz CT molecular complexity index is 575. The molecule has 0 radical (unpaired) electrons. The van der Waals surface area contributed by atoms with E-state index in [9.17, 15) is 4.79 Å². The minimum atomic E-state index is 0.177. The second-order valence-electron chi connectivity index (χ2n) is 4.68. The van der Waals surface area contributed by atoms with Gasteiger partial charge < -0.3 is 0 Å². The minimum absolute atomic E-state index is 0.177. The maximum absolute atomic E-state index is 12.3. The van der Waals surface area contributed by atoms with Crippen LogP contribution in [0, 0.1) is 0 Å². The van der Waals surface area contributed by atoms with Crippen molar-refractivity contribution in [1.29, 1.82) is 0 Å². The van der Waals surface area contributed by atoms with Crippen LogP contribution in [-0.4, -0.2) is 5.78 Å². The highest BCUT2D eigenvalue weighted by atomic mass is 79.9. The molecule has 19 heavy (non-hydrogen) atoms. The van der Waals surface area contributed by atoms with Gasteiger partial charge in [0.15, 0.2) is 5.78 Å². The summed E-state index contributed by atoms with van der Waals surface area (Å²) in [6.45, 7) is 2.15. The lowest BCUT2D eigenvalue weighted by atomic mass is 10.00. The van der Waals surface area contributed by atoms with Gasteiger partial charge in [0, 0.05) is 16.5 Å². The first-order chi connectivity index (χ1) is 9.19. The van der Waals surface area contributed by atoms with Crippen LogP contribution in [0.25, 0.3) is 0 Å². The molecule has 0 saturated heterocycles. The predicted octanol–water partition coefficient (Wildman–Crippen LogP) is 4.83. The van der Waals surface area contributed by atoms with Crippen LogP contribution in [-0.2, 0) is 12.8 Å². The highest BCUT2D eigenvalue weighted by molar-refractivity contribution is 9.10. The van der Waals surface area contributed by atoms with Crippen molar-refractivity contribution in [2.75, 3.05) is 0 Å². The number of halogens is 1. The quantitative estimate of drug-likeness (QED) is 0.722. The van der Waals surface area contributed by atoms with Crippen molar-refractivity contribution < 1.29 is 4.79 Å². The van der Waals surface area contributed by atoms with E-state index >= 15 is 0 Å². The van der Waals surface area contributed by atoms with Gasteiger partial charge in [-0.15, -0.1) is 0 Å². The molecule has 98 valence electrons. The molecular weight excluding hydrogens is 300 g/mol. The summed E-state index contributed by atoms with van der Waals surface area (Å²) in [6.07, 6.45) is 2.58. The normalized spacial score (nSPS) is 10.4. The highest BCUT2D eigenvalue weighted by Crippen LogP contribution is 2.15. The van der Waals surface area contributed by atoms with Gasteiger partial charge in [-0.2, -0.15) is 0 Å². The number of ketones is 1. The van der Waals surface area contributed by atoms with E-state index < -0.39 is 0 Å². The van der Waals surface area contributed by atoms with E-state index in [2.05, 4.69) is 28.9 Å². The Morgan fingerprint density at radius 2 is 1.79 bits per heavy atom. The first-order valence-corrected chi connectivity index (χ1v) is 7.35. The van der Waals surface area contributed by atoms with Crippen molar-refractivity contribution in [3.63, 3.8) is 0 Å². The third kappa shape index (κ3) is 4.03. The van der Waals surface area contributed by atoms with Crippen LogP contribution in [0.5, 0.6) is 0 Å². The van der Waals surface area contributed by atoms with Crippen LogP contribution in [0.4, 0.5) is 0 Å². The molecule has 2 heteroatoms. The van der Waals surface area contributed by atoms with Gasteiger partial charge in [0.1, 0.15) is 0 Å². The summed E-state index contributed by atoms with van der Waals surface area (Å²) in [5.41, 5.74) is 3.09. The zero-order chi connectivity index (χ0) is 13.7. The Kier molecular flexibility index (Phi) is 4.92. The van der Waals surface area contributed by atoms with E-state index in [1.54, 1.807) is 0 Å². The lowest BCUT2D eigenvalue weighted by Gasteiger charge is -2.05. The number of aryl methyl sites for hydroxylation is 1. The number of rotatable bonds is 5. The first-order valence-electron chi connectivity index (χ1n) is 6.55. The Balaban J connectivity index is 2.13. The van der Waals surface area contributed by atoms with E-state index in [1.807, 2.05) is 42.5 Å². The first kappa shape index (κ1) is 14.0. The Morgan fingerprint density at radius 1 is 1.05 bits per heavy atom. The predicted molar refractivity (Wildman–Crippen MR) is 82.6 cm³/mol. The van der Waals surface area contributed by atoms with Crippen LogP contribution < -0.4 is 0 Å². The van der Waals surface area contributed by atoms with Crippen LogP contribution in [0.1, 0.15) is 34.8 Å². The van der Waals surface area contributed by atoms with Gasteiger partial charge in [-0.1, -0.05) is 59.6 Å². The van der Waals surface area contributed by atoms with Gasteiger partial charge in [-0.3, -0.25) is 4.79 Å². The van der Waals surface area contributed by atoms with Gasteiger partial charge >= 0.3 is 0 Å². The molecule has 0 aliphatic heterocycles. The fourth-order valence-electron chi connectivity index (χ4n) is 2.12. The third-order valence-electron chi connectivity index (χ3n) is 3.04. The molecule has 2 rings (SSSR count). The molecule has 0 aliphatic rings. The lowest BCUT2D eigenvalue weighted by Crippen LogP contribution is -2.04. The van der Waals surface area contributed by atoms with E-state index in [-0.39, 0.29) is 5.78 Å². The van der Waals surface area contributed by atoms with Crippen LogP contribution in [0.15, 0.2) is 53.0 Å². The molecule has 0 bridgehead atoms. The summed E-state index contributed by atoms with van der Waals surface area (Å²) in [5, 5.41) is 0. The average molecular weight is 317 g/mol. The van der Waals surface area contributed by atoms with Crippen LogP contribution in [0.2, 0.25) is 0 Å². The molecule has 1 nitrogen and oxygen atoms in total. The van der Waals surface area contributed by atoms with Gasteiger partial charge in [0.05, 0.1) is 0 Å². The maximum Gasteiger partial charge on any atom is 0.167 e. The van der Waals surface area contributed by atoms with Crippen molar-refractivity contribution in [3.8, 4) is 0 Å². The molecule has 2 aromatic carbocycles. The van der Waals surface area contributed by atoms with E-state index in [0.717, 1.165) is 28.4 Å². The fourth-order valence-corrected chi connectivity index (χ4v) is 2.57. The van der Waals surface area contributed by atoms with Crippen molar-refractivity contribution >= 4 is 21.7 Å². The van der Waals surface area contributed by atoms with Crippen LogP contribution >= 0.6 is 15.9 Å². The standard InChI is InChI=1S/C17H17BrO/c1-2-5-13-6-3-8-15(10-13)17(19)12-14-7-4-9-16(18)11-14/h3-4,6-11H,2,5,12H2,1H3. The molecule has 0 heterocycles. The maximum atomic E-state index is 12.3. The number of carbonyl (C=O) groups is 1. The Labute approximate surface area is 122 Å². The molecule has 0 unspecified atom stereocenters. The van der Waals surface area contributed by atoms with Gasteiger partial charge in [0.2, 0.25) is 0 Å². The van der Waals surface area contributed by atoms with Crippen molar-refractivity contribution in [3.05, 3.63) is 69.7 Å². The van der Waals surface area contributed by atoms with E-state index in [4.69, 9.17) is 0 Å². The molecule has 2 aromatic rings. The monoisotopic (exact) mass is 316 g/mol. The Hall–Kier alpha value is -1.41. The van der Waals surface area contributed by atoms with Gasteiger partial charge in [-0.05, 0) is 35.7 Å². The lowest BCUT2D eigenvalue weighted by molar-refractivity contribution is 0.0993. The minimum Gasteiger partial charge on any atom is -0.294 e. The highest BCUT2D eigenvalue weighted by Gasteiger charge is 2.07. The van der Waals surface area contributed by atoms with Gasteiger partial charge in [-0.25, -0.2) is 0 Å². The van der Waals surface area contributed by atoms with Crippen molar-refractivity contribution in [1.82, 2.24) is 0 Å². The molecule has 0 saturated carbocycles. The molecule has 0 amide bonds. The number of carbonyl (C=O) groups excluding carboxylic acids is 1. The molecule has 0 spiro atoms. The molecule has 0 aromatic heterocycles. The number of benzene rings is 2. The van der Waals surface area contributed by atoms with Crippen molar-refractivity contribution in [2.45, 2.75) is 26.2 Å². The van der Waals surface area contributed by atoms with Gasteiger partial charge in [0.25, 0.3) is 0 Å². The summed E-state index contributed by atoms with van der Waals surface area (Å²) in [4.78, 5) is 12.3. The third-order valence-corrected chi connectivity index (χ3v) is 3.53. The number of hydrogen-bond donors (Lipinski definition) is 0. The smallest absolute Gasteiger partial charge is 0.167 e. The molecule has 0 fully saturated rings. The average Bonchev–Trinajstić information content (AvgIpc) is 2.39. The zero-order valence-electron chi connectivity index (χ0n) is 11.0. The largest absolute Gasteiger partial charge is 0.294 e. The van der Waals surface area contributed by atoms with Crippen LogP contribution in [0.3, 0.4) is 0 Å². The SMILES string of the molecule is CCCc1cccc(C(=O)Cc2cccc(Br)c2)c1. The molecule has 0 atom stereocenters. The fraction of sp³-hybridized carbons (Fsp3) is 0.235. The second-order valence-corrected chi connectivity index (χ2v) is 5.60. The summed E-state index contributed by atoms with van der Waals surface area (Å²) in [5.74, 6) is 0.177. The Morgan fingerprint density at radius 3 is 2.53 bits per heavy atom. The molecule has 0 aliphatic carbocycles. The summed E-state index contributed by atoms with van der Waals surface area (Å²) >= 11 is 3.43. The summed E-state index contributed by atoms with van der Waals surface area (Å²) in [7, 11) is 0. The van der Waals surface area contributed by atoms with E-state index in [1.165, 1.54) is 5.56 Å². The van der Waals surface area contributed by atoms with E-state index in [0.29, 0.717) is 6.42 Å².